The Labute approximate surface area is 136 Å². The number of halogens is 1. The minimum atomic E-state index is -0.503. The van der Waals surface area contributed by atoms with E-state index in [1.807, 2.05) is 11.9 Å². The molecule has 0 saturated carbocycles. The summed E-state index contributed by atoms with van der Waals surface area (Å²) in [5.74, 6) is -0.729. The Morgan fingerprint density at radius 3 is 2.65 bits per heavy atom. The predicted molar refractivity (Wildman–Crippen MR) is 85.7 cm³/mol. The molecule has 5 nitrogen and oxygen atoms in total. The van der Waals surface area contributed by atoms with Crippen molar-refractivity contribution in [2.45, 2.75) is 6.92 Å². The third-order valence-electron chi connectivity index (χ3n) is 4.48. The molecule has 0 radical (unpaired) electrons. The van der Waals surface area contributed by atoms with Gasteiger partial charge in [-0.25, -0.2) is 4.39 Å². The molecule has 2 rings (SSSR count). The molecule has 2 N–H and O–H groups in total. The second-order valence-corrected chi connectivity index (χ2v) is 6.38. The van der Waals surface area contributed by atoms with E-state index in [9.17, 15) is 14.3 Å². The van der Waals surface area contributed by atoms with Crippen LogP contribution in [-0.4, -0.2) is 72.4 Å². The molecule has 128 valence electrons. The average molecular weight is 324 g/mol. The number of hydrogen-bond donors (Lipinski definition) is 2. The first-order chi connectivity index (χ1) is 11.0. The van der Waals surface area contributed by atoms with Gasteiger partial charge in [-0.15, -0.1) is 0 Å². The summed E-state index contributed by atoms with van der Waals surface area (Å²) in [7, 11) is 1.90. The number of benzene rings is 1. The van der Waals surface area contributed by atoms with Crippen LogP contribution >= 0.6 is 0 Å². The van der Waals surface area contributed by atoms with Gasteiger partial charge < -0.3 is 20.0 Å². The molecule has 1 aromatic carbocycles. The van der Waals surface area contributed by atoms with E-state index in [4.69, 9.17) is 5.11 Å². The van der Waals surface area contributed by atoms with Gasteiger partial charge >= 0.3 is 0 Å². The largest absolute Gasteiger partial charge is 0.396 e. The Bertz CT molecular complexity index is 553. The molecular formula is C17H25FN2O3. The zero-order chi connectivity index (χ0) is 17.0. The summed E-state index contributed by atoms with van der Waals surface area (Å²) in [6.07, 6.45) is 0. The molecule has 0 unspecified atom stereocenters. The number of likely N-dealkylation sites (N-methyl/N-ethyl adjacent to an activating group) is 1. The summed E-state index contributed by atoms with van der Waals surface area (Å²) in [6.45, 7) is 4.01. The van der Waals surface area contributed by atoms with Crippen molar-refractivity contribution in [3.8, 4) is 0 Å². The average Bonchev–Trinajstić information content (AvgIpc) is 2.89. The van der Waals surface area contributed by atoms with Crippen LogP contribution in [0.25, 0.3) is 0 Å². The topological polar surface area (TPSA) is 64.0 Å². The highest BCUT2D eigenvalue weighted by Gasteiger charge is 2.36. The van der Waals surface area contributed by atoms with Gasteiger partial charge in [0.15, 0.2) is 0 Å². The normalized spacial score (nSPS) is 21.2. The first kappa shape index (κ1) is 17.8. The number of nitrogens with zero attached hydrogens (tertiary/aromatic N) is 2. The highest BCUT2D eigenvalue weighted by molar-refractivity contribution is 5.94. The third-order valence-corrected chi connectivity index (χ3v) is 4.48. The van der Waals surface area contributed by atoms with Gasteiger partial charge in [-0.05, 0) is 37.6 Å². The predicted octanol–water partition coefficient (Wildman–Crippen LogP) is 0.739. The molecule has 2 atom stereocenters. The van der Waals surface area contributed by atoms with E-state index in [1.165, 1.54) is 12.1 Å². The zero-order valence-corrected chi connectivity index (χ0v) is 13.7. The summed E-state index contributed by atoms with van der Waals surface area (Å²) in [5.41, 5.74) is 0.855. The lowest BCUT2D eigenvalue weighted by atomic mass is 9.96. The van der Waals surface area contributed by atoms with Gasteiger partial charge in [-0.2, -0.15) is 0 Å². The minimum Gasteiger partial charge on any atom is -0.396 e. The van der Waals surface area contributed by atoms with Gasteiger partial charge in [0, 0.05) is 38.7 Å². The first-order valence-electron chi connectivity index (χ1n) is 7.92. The van der Waals surface area contributed by atoms with Crippen LogP contribution in [0.15, 0.2) is 18.2 Å². The fourth-order valence-corrected chi connectivity index (χ4v) is 3.14. The lowest BCUT2D eigenvalue weighted by Crippen LogP contribution is -2.33. The molecular weight excluding hydrogens is 299 g/mol. The lowest BCUT2D eigenvalue weighted by Gasteiger charge is -2.23. The van der Waals surface area contributed by atoms with Crippen LogP contribution < -0.4 is 0 Å². The van der Waals surface area contributed by atoms with E-state index >= 15 is 0 Å². The van der Waals surface area contributed by atoms with Crippen LogP contribution in [0, 0.1) is 24.6 Å². The SMILES string of the molecule is Cc1ccc(C(=O)N2C[C@@H](CN(C)CCO)[C@@H](CO)C2)c(F)c1. The Kier molecular flexibility index (Phi) is 6.10. The Morgan fingerprint density at radius 2 is 2.04 bits per heavy atom. The first-order valence-corrected chi connectivity index (χ1v) is 7.92. The van der Waals surface area contributed by atoms with Crippen molar-refractivity contribution in [3.05, 3.63) is 35.1 Å². The highest BCUT2D eigenvalue weighted by Crippen LogP contribution is 2.26. The van der Waals surface area contributed by atoms with Gasteiger partial charge in [0.25, 0.3) is 5.91 Å². The van der Waals surface area contributed by atoms with Crippen molar-refractivity contribution in [2.24, 2.45) is 11.8 Å². The Morgan fingerprint density at radius 1 is 1.35 bits per heavy atom. The maximum atomic E-state index is 14.0. The number of aliphatic hydroxyl groups excluding tert-OH is 2. The molecule has 1 aliphatic rings. The van der Waals surface area contributed by atoms with Crippen LogP contribution in [0.3, 0.4) is 0 Å². The van der Waals surface area contributed by atoms with E-state index in [0.717, 1.165) is 5.56 Å². The fraction of sp³-hybridized carbons (Fsp3) is 0.588. The number of aryl methyl sites for hydroxylation is 1. The summed E-state index contributed by atoms with van der Waals surface area (Å²) in [6, 6.07) is 4.61. The molecule has 0 spiro atoms. The van der Waals surface area contributed by atoms with Crippen LogP contribution in [0.4, 0.5) is 4.39 Å². The number of amides is 1. The monoisotopic (exact) mass is 324 g/mol. The quantitative estimate of drug-likeness (QED) is 0.810. The molecule has 1 aromatic rings. The summed E-state index contributed by atoms with van der Waals surface area (Å²) >= 11 is 0. The molecule has 1 aliphatic heterocycles. The van der Waals surface area contributed by atoms with Crippen LogP contribution in [0.5, 0.6) is 0 Å². The molecule has 0 aliphatic carbocycles. The van der Waals surface area contributed by atoms with Gasteiger partial charge in [-0.1, -0.05) is 6.07 Å². The van der Waals surface area contributed by atoms with E-state index in [1.54, 1.807) is 17.9 Å². The number of aliphatic hydroxyl groups is 2. The maximum Gasteiger partial charge on any atom is 0.256 e. The van der Waals surface area contributed by atoms with Crippen molar-refractivity contribution >= 4 is 5.91 Å². The molecule has 1 saturated heterocycles. The van der Waals surface area contributed by atoms with Crippen molar-refractivity contribution in [1.82, 2.24) is 9.80 Å². The van der Waals surface area contributed by atoms with Crippen molar-refractivity contribution in [1.29, 1.82) is 0 Å². The van der Waals surface area contributed by atoms with Crippen LogP contribution in [0.2, 0.25) is 0 Å². The summed E-state index contributed by atoms with van der Waals surface area (Å²) < 4.78 is 14.0. The minimum absolute atomic E-state index is 0.00219. The molecule has 1 amide bonds. The molecule has 0 bridgehead atoms. The molecule has 23 heavy (non-hydrogen) atoms. The van der Waals surface area contributed by atoms with Gasteiger partial charge in [0.05, 0.1) is 12.2 Å². The molecule has 6 heteroatoms. The Hall–Kier alpha value is -1.50. The standard InChI is InChI=1S/C17H25FN2O3/c1-12-3-4-15(16(18)7-12)17(23)20-9-13(14(10-20)11-22)8-19(2)5-6-21/h3-4,7,13-14,21-22H,5-6,8-11H2,1-2H3/t13-,14-/m1/s1. The number of hydrogen-bond acceptors (Lipinski definition) is 4. The number of carbonyl (C=O) groups is 1. The third kappa shape index (κ3) is 4.28. The zero-order valence-electron chi connectivity index (χ0n) is 13.7. The second-order valence-electron chi connectivity index (χ2n) is 6.38. The van der Waals surface area contributed by atoms with E-state index < -0.39 is 5.82 Å². The van der Waals surface area contributed by atoms with Crippen LogP contribution in [-0.2, 0) is 0 Å². The van der Waals surface area contributed by atoms with Gasteiger partial charge in [0.2, 0.25) is 0 Å². The Balaban J connectivity index is 2.07. The molecule has 1 fully saturated rings. The van der Waals surface area contributed by atoms with Crippen LogP contribution in [0.1, 0.15) is 15.9 Å². The van der Waals surface area contributed by atoms with Gasteiger partial charge in [-0.3, -0.25) is 4.79 Å². The van der Waals surface area contributed by atoms with Gasteiger partial charge in [0.1, 0.15) is 5.82 Å². The number of carbonyl (C=O) groups excluding carboxylic acids is 1. The van der Waals surface area contributed by atoms with Crippen molar-refractivity contribution in [3.63, 3.8) is 0 Å². The van der Waals surface area contributed by atoms with E-state index in [-0.39, 0.29) is 36.5 Å². The number of rotatable bonds is 6. The molecule has 0 aromatic heterocycles. The maximum absolute atomic E-state index is 14.0. The van der Waals surface area contributed by atoms with E-state index in [0.29, 0.717) is 26.2 Å². The summed E-state index contributed by atoms with van der Waals surface area (Å²) in [5, 5.41) is 18.5. The molecule has 1 heterocycles. The fourth-order valence-electron chi connectivity index (χ4n) is 3.14. The van der Waals surface area contributed by atoms with E-state index in [2.05, 4.69) is 0 Å². The van der Waals surface area contributed by atoms with Crippen molar-refractivity contribution in [2.75, 3.05) is 46.4 Å². The highest BCUT2D eigenvalue weighted by atomic mass is 19.1. The number of likely N-dealkylation sites (tertiary alicyclic amines) is 1. The lowest BCUT2D eigenvalue weighted by molar-refractivity contribution is 0.0774. The summed E-state index contributed by atoms with van der Waals surface area (Å²) in [4.78, 5) is 16.1. The van der Waals surface area contributed by atoms with Crippen molar-refractivity contribution < 1.29 is 19.4 Å². The second kappa shape index (κ2) is 7.86. The smallest absolute Gasteiger partial charge is 0.256 e.